The van der Waals surface area contributed by atoms with E-state index >= 15 is 0 Å². The van der Waals surface area contributed by atoms with Crippen molar-refractivity contribution in [3.8, 4) is 0 Å². The quantitative estimate of drug-likeness (QED) is 0.658. The minimum atomic E-state index is 0.445. The molecule has 0 bridgehead atoms. The Morgan fingerprint density at radius 3 is 2.80 bits per heavy atom. The van der Waals surface area contributed by atoms with Crippen LogP contribution in [0.15, 0.2) is 12.7 Å². The van der Waals surface area contributed by atoms with Crippen molar-refractivity contribution in [2.24, 2.45) is 0 Å². The number of nitrogens with one attached hydrogen (secondary N) is 1. The molecule has 0 unspecified atom stereocenters. The first-order valence-corrected chi connectivity index (χ1v) is 5.65. The first-order valence-electron chi connectivity index (χ1n) is 5.65. The third kappa shape index (κ3) is 2.78. The van der Waals surface area contributed by atoms with Crippen LogP contribution in [0.4, 0.5) is 0 Å². The average molecular weight is 212 g/mol. The molecule has 2 saturated heterocycles. The van der Waals surface area contributed by atoms with E-state index in [0.29, 0.717) is 12.1 Å². The number of rotatable bonds is 4. The van der Waals surface area contributed by atoms with Crippen molar-refractivity contribution in [1.29, 1.82) is 0 Å². The van der Waals surface area contributed by atoms with Gasteiger partial charge in [-0.25, -0.2) is 0 Å². The molecule has 0 aromatic rings. The number of hydrogen-bond donors (Lipinski definition) is 1. The van der Waals surface area contributed by atoms with Gasteiger partial charge < -0.3 is 14.8 Å². The lowest BCUT2D eigenvalue weighted by atomic mass is 10.1. The third-order valence-corrected chi connectivity index (χ3v) is 3.09. The molecule has 0 aromatic carbocycles. The molecule has 4 heteroatoms. The zero-order valence-electron chi connectivity index (χ0n) is 9.15. The molecular weight excluding hydrogens is 192 g/mol. The second kappa shape index (κ2) is 5.61. The van der Waals surface area contributed by atoms with Crippen molar-refractivity contribution < 1.29 is 9.47 Å². The highest BCUT2D eigenvalue weighted by molar-refractivity contribution is 4.91. The summed E-state index contributed by atoms with van der Waals surface area (Å²) in [6.45, 7) is 10.00. The van der Waals surface area contributed by atoms with E-state index in [0.717, 1.165) is 46.1 Å². The fourth-order valence-electron chi connectivity index (χ4n) is 2.24. The van der Waals surface area contributed by atoms with Crippen LogP contribution in [0.2, 0.25) is 0 Å². The largest absolute Gasteiger partial charge is 0.379 e. The Bertz CT molecular complexity index is 205. The number of morpholine rings is 1. The summed E-state index contributed by atoms with van der Waals surface area (Å²) in [5.41, 5.74) is 0. The molecule has 2 aliphatic rings. The minimum Gasteiger partial charge on any atom is -0.379 e. The van der Waals surface area contributed by atoms with E-state index in [-0.39, 0.29) is 0 Å². The Morgan fingerprint density at radius 1 is 1.27 bits per heavy atom. The SMILES string of the molecule is C=CCN[C@H]1COC[C@@H]1N1CCOCC1. The maximum absolute atomic E-state index is 5.54. The van der Waals surface area contributed by atoms with Crippen molar-refractivity contribution >= 4 is 0 Å². The average Bonchev–Trinajstić information content (AvgIpc) is 2.75. The monoisotopic (exact) mass is 212 g/mol. The summed E-state index contributed by atoms with van der Waals surface area (Å²) in [5.74, 6) is 0. The topological polar surface area (TPSA) is 33.7 Å². The van der Waals surface area contributed by atoms with Crippen LogP contribution in [-0.2, 0) is 9.47 Å². The van der Waals surface area contributed by atoms with Gasteiger partial charge in [0.2, 0.25) is 0 Å². The van der Waals surface area contributed by atoms with Gasteiger partial charge in [-0.05, 0) is 0 Å². The minimum absolute atomic E-state index is 0.445. The van der Waals surface area contributed by atoms with Crippen LogP contribution in [-0.4, -0.2) is 63.0 Å². The predicted octanol–water partition coefficient (Wildman–Crippen LogP) is -0.138. The lowest BCUT2D eigenvalue weighted by Gasteiger charge is -2.34. The highest BCUT2D eigenvalue weighted by Crippen LogP contribution is 2.14. The molecule has 86 valence electrons. The van der Waals surface area contributed by atoms with Gasteiger partial charge in [-0.15, -0.1) is 6.58 Å². The summed E-state index contributed by atoms with van der Waals surface area (Å²) in [6.07, 6.45) is 1.90. The van der Waals surface area contributed by atoms with Crippen molar-refractivity contribution in [2.75, 3.05) is 46.1 Å². The van der Waals surface area contributed by atoms with Gasteiger partial charge in [0.15, 0.2) is 0 Å². The molecule has 1 N–H and O–H groups in total. The highest BCUT2D eigenvalue weighted by atomic mass is 16.5. The van der Waals surface area contributed by atoms with Gasteiger partial charge in [-0.2, -0.15) is 0 Å². The summed E-state index contributed by atoms with van der Waals surface area (Å²) in [5, 5.41) is 3.45. The van der Waals surface area contributed by atoms with Gasteiger partial charge in [-0.1, -0.05) is 6.08 Å². The predicted molar refractivity (Wildman–Crippen MR) is 59.0 cm³/mol. The first kappa shape index (κ1) is 11.1. The molecule has 2 heterocycles. The first-order chi connectivity index (χ1) is 7.42. The maximum atomic E-state index is 5.54. The smallest absolute Gasteiger partial charge is 0.0638 e. The van der Waals surface area contributed by atoms with E-state index in [1.54, 1.807) is 0 Å². The maximum Gasteiger partial charge on any atom is 0.0638 e. The van der Waals surface area contributed by atoms with Crippen molar-refractivity contribution in [1.82, 2.24) is 10.2 Å². The molecule has 2 fully saturated rings. The molecule has 2 aliphatic heterocycles. The Labute approximate surface area is 91.2 Å². The van der Waals surface area contributed by atoms with Gasteiger partial charge in [-0.3, -0.25) is 4.90 Å². The zero-order chi connectivity index (χ0) is 10.5. The van der Waals surface area contributed by atoms with Crippen LogP contribution in [0.3, 0.4) is 0 Å². The van der Waals surface area contributed by atoms with E-state index in [1.165, 1.54) is 0 Å². The number of nitrogens with zero attached hydrogens (tertiary/aromatic N) is 1. The molecule has 2 rings (SSSR count). The molecule has 0 aromatic heterocycles. The molecule has 0 radical (unpaired) electrons. The molecule has 0 spiro atoms. The zero-order valence-corrected chi connectivity index (χ0v) is 9.15. The van der Waals surface area contributed by atoms with Crippen LogP contribution >= 0.6 is 0 Å². The Balaban J connectivity index is 1.85. The highest BCUT2D eigenvalue weighted by Gasteiger charge is 2.33. The lowest BCUT2D eigenvalue weighted by molar-refractivity contribution is 0.0108. The van der Waals surface area contributed by atoms with Crippen molar-refractivity contribution in [3.63, 3.8) is 0 Å². The van der Waals surface area contributed by atoms with Crippen LogP contribution in [0.1, 0.15) is 0 Å². The van der Waals surface area contributed by atoms with Crippen LogP contribution in [0, 0.1) is 0 Å². The molecule has 0 aliphatic carbocycles. The van der Waals surface area contributed by atoms with Gasteiger partial charge in [0.1, 0.15) is 0 Å². The van der Waals surface area contributed by atoms with Gasteiger partial charge >= 0.3 is 0 Å². The summed E-state index contributed by atoms with van der Waals surface area (Å²) < 4.78 is 10.9. The second-order valence-electron chi connectivity index (χ2n) is 4.06. The second-order valence-corrected chi connectivity index (χ2v) is 4.06. The van der Waals surface area contributed by atoms with Gasteiger partial charge in [0, 0.05) is 25.7 Å². The Morgan fingerprint density at radius 2 is 2.07 bits per heavy atom. The standard InChI is InChI=1S/C11H20N2O2/c1-2-3-12-10-8-15-9-11(10)13-4-6-14-7-5-13/h2,10-12H,1,3-9H2/t10-,11-/m0/s1. The van der Waals surface area contributed by atoms with E-state index in [9.17, 15) is 0 Å². The normalized spacial score (nSPS) is 33.1. The fourth-order valence-corrected chi connectivity index (χ4v) is 2.24. The van der Waals surface area contributed by atoms with Gasteiger partial charge in [0.25, 0.3) is 0 Å². The number of ether oxygens (including phenoxy) is 2. The summed E-state index contributed by atoms with van der Waals surface area (Å²) in [6, 6.07) is 0.954. The third-order valence-electron chi connectivity index (χ3n) is 3.09. The van der Waals surface area contributed by atoms with Gasteiger partial charge in [0.05, 0.1) is 32.5 Å². The molecule has 4 nitrogen and oxygen atoms in total. The fraction of sp³-hybridized carbons (Fsp3) is 0.818. The summed E-state index contributed by atoms with van der Waals surface area (Å²) in [4.78, 5) is 2.47. The molecule has 15 heavy (non-hydrogen) atoms. The summed E-state index contributed by atoms with van der Waals surface area (Å²) in [7, 11) is 0. The molecule has 0 saturated carbocycles. The number of hydrogen-bond acceptors (Lipinski definition) is 4. The molecule has 0 amide bonds. The van der Waals surface area contributed by atoms with E-state index < -0.39 is 0 Å². The van der Waals surface area contributed by atoms with E-state index in [1.807, 2.05) is 6.08 Å². The van der Waals surface area contributed by atoms with Crippen molar-refractivity contribution in [2.45, 2.75) is 12.1 Å². The van der Waals surface area contributed by atoms with Crippen LogP contribution in [0.5, 0.6) is 0 Å². The Kier molecular flexibility index (Phi) is 4.14. The van der Waals surface area contributed by atoms with Crippen molar-refractivity contribution in [3.05, 3.63) is 12.7 Å². The van der Waals surface area contributed by atoms with E-state index in [2.05, 4.69) is 16.8 Å². The summed E-state index contributed by atoms with van der Waals surface area (Å²) >= 11 is 0. The molecular formula is C11H20N2O2. The molecule has 2 atom stereocenters. The lowest BCUT2D eigenvalue weighted by Crippen LogP contribution is -2.53. The van der Waals surface area contributed by atoms with Crippen LogP contribution in [0.25, 0.3) is 0 Å². The van der Waals surface area contributed by atoms with E-state index in [4.69, 9.17) is 9.47 Å². The van der Waals surface area contributed by atoms with Crippen LogP contribution < -0.4 is 5.32 Å². The Hall–Kier alpha value is -0.420.